The van der Waals surface area contributed by atoms with Gasteiger partial charge >= 0.3 is 0 Å². The van der Waals surface area contributed by atoms with Crippen molar-refractivity contribution in [2.24, 2.45) is 5.92 Å². The summed E-state index contributed by atoms with van der Waals surface area (Å²) in [5.74, 6) is 0.790. The molecule has 1 saturated heterocycles. The number of ketones is 1. The number of benzene rings is 1. The molecule has 0 amide bonds. The lowest BCUT2D eigenvalue weighted by Gasteiger charge is -2.22. The summed E-state index contributed by atoms with van der Waals surface area (Å²) < 4.78 is 0. The van der Waals surface area contributed by atoms with Gasteiger partial charge in [0.05, 0.1) is 0 Å². The van der Waals surface area contributed by atoms with Crippen LogP contribution in [0.1, 0.15) is 48.5 Å². The first-order chi connectivity index (χ1) is 8.59. The highest BCUT2D eigenvalue weighted by atomic mass is 16.3. The van der Waals surface area contributed by atoms with E-state index in [9.17, 15) is 9.90 Å². The smallest absolute Gasteiger partial charge is 0.167 e. The third kappa shape index (κ3) is 2.72. The largest absolute Gasteiger partial charge is 0.508 e. The Morgan fingerprint density at radius 3 is 2.83 bits per heavy atom. The molecule has 2 N–H and O–H groups in total. The zero-order chi connectivity index (χ0) is 13.1. The number of Topliss-reactive ketones (excluding diaryl/α,β-unsaturated/α-hetero) is 1. The second-order valence-electron chi connectivity index (χ2n) is 5.34. The highest BCUT2D eigenvalue weighted by Gasteiger charge is 2.23. The Labute approximate surface area is 108 Å². The molecule has 1 aromatic carbocycles. The van der Waals surface area contributed by atoms with Gasteiger partial charge in [-0.25, -0.2) is 0 Å². The summed E-state index contributed by atoms with van der Waals surface area (Å²) in [6, 6.07) is 5.22. The van der Waals surface area contributed by atoms with Crippen LogP contribution in [-0.2, 0) is 0 Å². The topological polar surface area (TPSA) is 49.3 Å². The Kier molecular flexibility index (Phi) is 4.02. The van der Waals surface area contributed by atoms with E-state index >= 15 is 0 Å². The van der Waals surface area contributed by atoms with Crippen molar-refractivity contribution in [3.05, 3.63) is 29.3 Å². The summed E-state index contributed by atoms with van der Waals surface area (Å²) in [5, 5.41) is 13.0. The van der Waals surface area contributed by atoms with E-state index in [2.05, 4.69) is 5.32 Å². The van der Waals surface area contributed by atoms with E-state index in [1.807, 2.05) is 19.9 Å². The monoisotopic (exact) mass is 247 g/mol. The average molecular weight is 247 g/mol. The number of nitrogens with one attached hydrogen (secondary N) is 1. The molecule has 1 aliphatic rings. The summed E-state index contributed by atoms with van der Waals surface area (Å²) in [6.07, 6.45) is 2.02. The lowest BCUT2D eigenvalue weighted by molar-refractivity contribution is 0.0899. The van der Waals surface area contributed by atoms with Gasteiger partial charge in [0.1, 0.15) is 5.75 Å². The Hall–Kier alpha value is -1.35. The molecule has 98 valence electrons. The maximum Gasteiger partial charge on any atom is 0.167 e. The third-order valence-corrected chi connectivity index (χ3v) is 3.60. The molecular formula is C15H21NO2. The molecule has 1 heterocycles. The molecule has 1 unspecified atom stereocenters. The van der Waals surface area contributed by atoms with E-state index in [-0.39, 0.29) is 23.4 Å². The Balaban J connectivity index is 2.22. The van der Waals surface area contributed by atoms with Crippen LogP contribution in [0.3, 0.4) is 0 Å². The fourth-order valence-corrected chi connectivity index (χ4v) is 2.48. The van der Waals surface area contributed by atoms with Gasteiger partial charge in [-0.1, -0.05) is 13.8 Å². The number of aromatic hydroxyl groups is 1. The van der Waals surface area contributed by atoms with Crippen molar-refractivity contribution in [1.82, 2.24) is 5.32 Å². The van der Waals surface area contributed by atoms with E-state index < -0.39 is 0 Å². The number of hydrogen-bond acceptors (Lipinski definition) is 3. The van der Waals surface area contributed by atoms with Gasteiger partial charge in [-0.05, 0) is 49.1 Å². The van der Waals surface area contributed by atoms with Gasteiger partial charge in [-0.15, -0.1) is 0 Å². The molecule has 1 aliphatic heterocycles. The normalized spacial score (nSPS) is 20.1. The average Bonchev–Trinajstić information content (AvgIpc) is 2.39. The van der Waals surface area contributed by atoms with Gasteiger partial charge in [0.2, 0.25) is 0 Å². The standard InChI is InChI=1S/C15H21NO2/c1-10(2)13-8-11(5-6-14(13)17)15(18)12-4-3-7-16-9-12/h5-6,8,10,12,16-17H,3-4,7,9H2,1-2H3. The molecule has 0 bridgehead atoms. The number of hydrogen-bond donors (Lipinski definition) is 2. The second-order valence-corrected chi connectivity index (χ2v) is 5.34. The summed E-state index contributed by atoms with van der Waals surface area (Å²) in [4.78, 5) is 12.4. The highest BCUT2D eigenvalue weighted by molar-refractivity contribution is 5.98. The van der Waals surface area contributed by atoms with Gasteiger partial charge in [0, 0.05) is 18.0 Å². The number of carbonyl (C=O) groups is 1. The predicted molar refractivity (Wildman–Crippen MR) is 72.1 cm³/mol. The fourth-order valence-electron chi connectivity index (χ4n) is 2.48. The van der Waals surface area contributed by atoms with Crippen molar-refractivity contribution in [3.63, 3.8) is 0 Å². The van der Waals surface area contributed by atoms with Gasteiger partial charge in [-0.3, -0.25) is 4.79 Å². The number of phenolic OH excluding ortho intramolecular Hbond substituents is 1. The van der Waals surface area contributed by atoms with Crippen molar-refractivity contribution in [3.8, 4) is 5.75 Å². The second kappa shape index (κ2) is 5.53. The third-order valence-electron chi connectivity index (χ3n) is 3.60. The number of carbonyl (C=O) groups excluding carboxylic acids is 1. The zero-order valence-corrected chi connectivity index (χ0v) is 11.1. The molecule has 1 fully saturated rings. The van der Waals surface area contributed by atoms with Crippen LogP contribution in [0, 0.1) is 5.92 Å². The van der Waals surface area contributed by atoms with Crippen LogP contribution in [-0.4, -0.2) is 24.0 Å². The Morgan fingerprint density at radius 1 is 1.44 bits per heavy atom. The van der Waals surface area contributed by atoms with Crippen LogP contribution in [0.4, 0.5) is 0 Å². The highest BCUT2D eigenvalue weighted by Crippen LogP contribution is 2.27. The van der Waals surface area contributed by atoms with Crippen LogP contribution in [0.5, 0.6) is 5.75 Å². The molecule has 0 aliphatic carbocycles. The molecular weight excluding hydrogens is 226 g/mol. The first-order valence-corrected chi connectivity index (χ1v) is 6.67. The summed E-state index contributed by atoms with van der Waals surface area (Å²) in [5.41, 5.74) is 1.58. The predicted octanol–water partition coefficient (Wildman–Crippen LogP) is 2.70. The maximum absolute atomic E-state index is 12.4. The molecule has 18 heavy (non-hydrogen) atoms. The van der Waals surface area contributed by atoms with Crippen molar-refractivity contribution in [2.45, 2.75) is 32.6 Å². The molecule has 0 radical (unpaired) electrons. The van der Waals surface area contributed by atoms with Crippen molar-refractivity contribution >= 4 is 5.78 Å². The molecule has 0 spiro atoms. The molecule has 2 rings (SSSR count). The fraction of sp³-hybridized carbons (Fsp3) is 0.533. The number of piperidine rings is 1. The van der Waals surface area contributed by atoms with Crippen molar-refractivity contribution < 1.29 is 9.90 Å². The summed E-state index contributed by atoms with van der Waals surface area (Å²) >= 11 is 0. The van der Waals surface area contributed by atoms with Crippen molar-refractivity contribution in [1.29, 1.82) is 0 Å². The summed E-state index contributed by atoms with van der Waals surface area (Å²) in [7, 11) is 0. The Bertz CT molecular complexity index is 434. The van der Waals surface area contributed by atoms with Gasteiger partial charge in [0.15, 0.2) is 5.78 Å². The molecule has 0 saturated carbocycles. The SMILES string of the molecule is CC(C)c1cc(C(=O)C2CCCNC2)ccc1O. The first kappa shape index (κ1) is 13.1. The minimum absolute atomic E-state index is 0.0864. The lowest BCUT2D eigenvalue weighted by atomic mass is 9.89. The zero-order valence-electron chi connectivity index (χ0n) is 11.1. The molecule has 3 heteroatoms. The van der Waals surface area contributed by atoms with Crippen molar-refractivity contribution in [2.75, 3.05) is 13.1 Å². The number of rotatable bonds is 3. The van der Waals surface area contributed by atoms with Crippen LogP contribution in [0.2, 0.25) is 0 Å². The minimum atomic E-state index is 0.0864. The molecule has 1 aromatic rings. The van der Waals surface area contributed by atoms with E-state index in [0.29, 0.717) is 0 Å². The molecule has 0 aromatic heterocycles. The molecule has 1 atom stereocenters. The van der Waals surface area contributed by atoms with Crippen LogP contribution in [0.25, 0.3) is 0 Å². The lowest BCUT2D eigenvalue weighted by Crippen LogP contribution is -2.34. The molecule has 3 nitrogen and oxygen atoms in total. The summed E-state index contributed by atoms with van der Waals surface area (Å²) in [6.45, 7) is 5.82. The van der Waals surface area contributed by atoms with Gasteiger partial charge < -0.3 is 10.4 Å². The first-order valence-electron chi connectivity index (χ1n) is 6.67. The van der Waals surface area contributed by atoms with Crippen LogP contribution < -0.4 is 5.32 Å². The van der Waals surface area contributed by atoms with Crippen LogP contribution in [0.15, 0.2) is 18.2 Å². The van der Waals surface area contributed by atoms with E-state index in [1.54, 1.807) is 12.1 Å². The van der Waals surface area contributed by atoms with Gasteiger partial charge in [-0.2, -0.15) is 0 Å². The number of phenols is 1. The van der Waals surface area contributed by atoms with Gasteiger partial charge in [0.25, 0.3) is 0 Å². The van der Waals surface area contributed by atoms with E-state index in [4.69, 9.17) is 0 Å². The maximum atomic E-state index is 12.4. The minimum Gasteiger partial charge on any atom is -0.508 e. The quantitative estimate of drug-likeness (QED) is 0.807. The van der Waals surface area contributed by atoms with Crippen LogP contribution >= 0.6 is 0 Å². The van der Waals surface area contributed by atoms with E-state index in [0.717, 1.165) is 37.1 Å². The van der Waals surface area contributed by atoms with E-state index in [1.165, 1.54) is 0 Å². The Morgan fingerprint density at radius 2 is 2.22 bits per heavy atom.